The molecule has 2 aliphatic rings. The number of carbonyl (C=O) groups excluding carboxylic acids is 1. The number of rotatable bonds is 5. The van der Waals surface area contributed by atoms with E-state index in [2.05, 4.69) is 15.9 Å². The number of anilines is 2. The second-order valence-corrected chi connectivity index (χ2v) is 8.37. The van der Waals surface area contributed by atoms with E-state index < -0.39 is 15.9 Å². The van der Waals surface area contributed by atoms with Gasteiger partial charge in [-0.1, -0.05) is 12.1 Å². The van der Waals surface area contributed by atoms with Crippen LogP contribution in [0.2, 0.25) is 0 Å². The van der Waals surface area contributed by atoms with Gasteiger partial charge >= 0.3 is 0 Å². The summed E-state index contributed by atoms with van der Waals surface area (Å²) in [6.45, 7) is 0.383. The van der Waals surface area contributed by atoms with Gasteiger partial charge in [0.15, 0.2) is 9.84 Å². The Bertz CT molecular complexity index is 978. The SMILES string of the molecule is O=C(CN1NNc2ccccc21)N(Cc1ccncc1)C1C=CS(=O)(=O)C1. The zero-order chi connectivity index (χ0) is 18.9. The van der Waals surface area contributed by atoms with Crippen molar-refractivity contribution in [3.8, 4) is 0 Å². The average Bonchev–Trinajstić information content (AvgIpc) is 3.23. The molecule has 4 rings (SSSR count). The average molecular weight is 385 g/mol. The first-order valence-electron chi connectivity index (χ1n) is 8.49. The Hall–Kier alpha value is -2.91. The number of carbonyl (C=O) groups is 1. The minimum atomic E-state index is -3.27. The van der Waals surface area contributed by atoms with Crippen molar-refractivity contribution >= 4 is 27.1 Å². The zero-order valence-corrected chi connectivity index (χ0v) is 15.3. The number of amides is 1. The van der Waals surface area contributed by atoms with Gasteiger partial charge < -0.3 is 10.3 Å². The van der Waals surface area contributed by atoms with Crippen molar-refractivity contribution in [2.45, 2.75) is 12.6 Å². The molecule has 2 N–H and O–H groups in total. The van der Waals surface area contributed by atoms with Crippen LogP contribution in [0.1, 0.15) is 5.56 Å². The predicted molar refractivity (Wildman–Crippen MR) is 102 cm³/mol. The van der Waals surface area contributed by atoms with Crippen LogP contribution in [0.3, 0.4) is 0 Å². The lowest BCUT2D eigenvalue weighted by Gasteiger charge is -2.30. The maximum absolute atomic E-state index is 13.1. The number of nitrogens with one attached hydrogen (secondary N) is 2. The summed E-state index contributed by atoms with van der Waals surface area (Å²) in [7, 11) is -3.27. The van der Waals surface area contributed by atoms with Crippen molar-refractivity contribution in [1.82, 2.24) is 15.4 Å². The molecule has 2 aromatic rings. The summed E-state index contributed by atoms with van der Waals surface area (Å²) in [5.74, 6) is -0.268. The van der Waals surface area contributed by atoms with Crippen LogP contribution in [0.15, 0.2) is 60.3 Å². The second-order valence-electron chi connectivity index (χ2n) is 6.44. The summed E-state index contributed by atoms with van der Waals surface area (Å²) in [5.41, 5.74) is 8.62. The van der Waals surface area contributed by atoms with Crippen molar-refractivity contribution in [3.63, 3.8) is 0 Å². The molecule has 0 radical (unpaired) electrons. The lowest BCUT2D eigenvalue weighted by molar-refractivity contribution is -0.131. The summed E-state index contributed by atoms with van der Waals surface area (Å²) >= 11 is 0. The molecule has 8 nitrogen and oxygen atoms in total. The van der Waals surface area contributed by atoms with Crippen LogP contribution >= 0.6 is 0 Å². The van der Waals surface area contributed by atoms with Crippen LogP contribution in [0.4, 0.5) is 11.4 Å². The van der Waals surface area contributed by atoms with E-state index in [1.807, 2.05) is 36.4 Å². The van der Waals surface area contributed by atoms with Gasteiger partial charge in [0.05, 0.1) is 23.2 Å². The third-order valence-corrected chi connectivity index (χ3v) is 5.93. The number of hydrazine groups is 2. The molecule has 0 spiro atoms. The molecule has 0 aliphatic carbocycles. The number of para-hydroxylation sites is 2. The van der Waals surface area contributed by atoms with Crippen molar-refractivity contribution in [2.24, 2.45) is 0 Å². The van der Waals surface area contributed by atoms with E-state index in [1.54, 1.807) is 28.4 Å². The molecule has 0 saturated heterocycles. The topological polar surface area (TPSA) is 94.6 Å². The predicted octanol–water partition coefficient (Wildman–Crippen LogP) is 1.07. The number of sulfone groups is 1. The van der Waals surface area contributed by atoms with Gasteiger partial charge in [0.1, 0.15) is 6.54 Å². The first-order chi connectivity index (χ1) is 13.0. The zero-order valence-electron chi connectivity index (χ0n) is 14.4. The molecule has 27 heavy (non-hydrogen) atoms. The van der Waals surface area contributed by atoms with Gasteiger partial charge in [0.2, 0.25) is 5.91 Å². The molecule has 1 amide bonds. The van der Waals surface area contributed by atoms with Crippen LogP contribution < -0.4 is 16.0 Å². The summed E-state index contributed by atoms with van der Waals surface area (Å²) in [5, 5.41) is 2.90. The summed E-state index contributed by atoms with van der Waals surface area (Å²) in [4.78, 5) is 18.7. The number of aromatic nitrogens is 1. The van der Waals surface area contributed by atoms with E-state index in [0.717, 1.165) is 16.9 Å². The van der Waals surface area contributed by atoms with Gasteiger partial charge in [-0.25, -0.2) is 8.42 Å². The third kappa shape index (κ3) is 3.79. The standard InChI is InChI=1S/C18H19N5O3S/c24-18(12-23-17-4-2-1-3-16(17)20-21-23)22(11-14-5-8-19-9-6-14)15-7-10-27(25,26)13-15/h1-10,15,20-21H,11-13H2. The summed E-state index contributed by atoms with van der Waals surface area (Å²) < 4.78 is 23.7. The fourth-order valence-electron chi connectivity index (χ4n) is 3.18. The maximum atomic E-state index is 13.1. The van der Waals surface area contributed by atoms with Gasteiger partial charge in [0.25, 0.3) is 0 Å². The first-order valence-corrected chi connectivity index (χ1v) is 10.2. The minimum absolute atomic E-state index is 0.0689. The number of fused-ring (bicyclic) bond motifs is 1. The third-order valence-electron chi connectivity index (χ3n) is 4.55. The number of nitrogens with zero attached hydrogens (tertiary/aromatic N) is 3. The Morgan fingerprint density at radius 3 is 2.74 bits per heavy atom. The van der Waals surface area contributed by atoms with Crippen molar-refractivity contribution in [3.05, 3.63) is 65.8 Å². The highest BCUT2D eigenvalue weighted by atomic mass is 32.2. The van der Waals surface area contributed by atoms with Crippen LogP contribution in [0, 0.1) is 0 Å². The summed E-state index contributed by atoms with van der Waals surface area (Å²) in [6.07, 6.45) is 4.89. The monoisotopic (exact) mass is 385 g/mol. The Balaban J connectivity index is 1.55. The Morgan fingerprint density at radius 1 is 1.22 bits per heavy atom. The first kappa shape index (κ1) is 17.5. The minimum Gasteiger partial charge on any atom is -0.329 e. The van der Waals surface area contributed by atoms with Gasteiger partial charge in [-0.15, -0.1) is 5.53 Å². The second kappa shape index (κ2) is 7.01. The number of hydrogen-bond acceptors (Lipinski definition) is 7. The van der Waals surface area contributed by atoms with Crippen LogP contribution in [0.5, 0.6) is 0 Å². The molecule has 0 fully saturated rings. The van der Waals surface area contributed by atoms with Gasteiger partial charge in [-0.2, -0.15) is 0 Å². The fourth-order valence-corrected chi connectivity index (χ4v) is 4.48. The highest BCUT2D eigenvalue weighted by molar-refractivity contribution is 7.94. The molecule has 1 unspecified atom stereocenters. The van der Waals surface area contributed by atoms with E-state index >= 15 is 0 Å². The van der Waals surface area contributed by atoms with Crippen molar-refractivity contribution in [1.29, 1.82) is 0 Å². The maximum Gasteiger partial charge on any atom is 0.244 e. The lowest BCUT2D eigenvalue weighted by atomic mass is 10.2. The molecule has 2 aliphatic heterocycles. The Morgan fingerprint density at radius 2 is 2.00 bits per heavy atom. The van der Waals surface area contributed by atoms with E-state index in [9.17, 15) is 13.2 Å². The van der Waals surface area contributed by atoms with E-state index in [-0.39, 0.29) is 18.2 Å². The molecular formula is C18H19N5O3S. The molecule has 1 atom stereocenters. The molecular weight excluding hydrogens is 366 g/mol. The Labute approximate surface area is 157 Å². The highest BCUT2D eigenvalue weighted by Gasteiger charge is 2.32. The largest absolute Gasteiger partial charge is 0.329 e. The fraction of sp³-hybridized carbons (Fsp3) is 0.222. The molecule has 9 heteroatoms. The lowest BCUT2D eigenvalue weighted by Crippen LogP contribution is -2.48. The smallest absolute Gasteiger partial charge is 0.244 e. The van der Waals surface area contributed by atoms with E-state index in [0.29, 0.717) is 6.54 Å². The Kier molecular flexibility index (Phi) is 4.54. The molecule has 0 bridgehead atoms. The number of pyridine rings is 1. The quantitative estimate of drug-likeness (QED) is 0.795. The molecule has 0 saturated carbocycles. The van der Waals surface area contributed by atoms with E-state index in [1.165, 1.54) is 5.41 Å². The van der Waals surface area contributed by atoms with Gasteiger partial charge in [-0.3, -0.25) is 14.8 Å². The molecule has 140 valence electrons. The normalized spacial score (nSPS) is 19.6. The molecule has 3 heterocycles. The highest BCUT2D eigenvalue weighted by Crippen LogP contribution is 2.28. The van der Waals surface area contributed by atoms with Gasteiger partial charge in [0, 0.05) is 24.3 Å². The van der Waals surface area contributed by atoms with Gasteiger partial charge in [-0.05, 0) is 35.9 Å². The molecule has 1 aromatic heterocycles. The van der Waals surface area contributed by atoms with Crippen LogP contribution in [-0.4, -0.2) is 42.5 Å². The van der Waals surface area contributed by atoms with Crippen molar-refractivity contribution < 1.29 is 13.2 Å². The molecule has 1 aromatic carbocycles. The van der Waals surface area contributed by atoms with E-state index in [4.69, 9.17) is 0 Å². The van der Waals surface area contributed by atoms with Crippen LogP contribution in [-0.2, 0) is 21.2 Å². The number of hydrogen-bond donors (Lipinski definition) is 2. The van der Waals surface area contributed by atoms with Crippen LogP contribution in [0.25, 0.3) is 0 Å². The number of benzene rings is 1. The summed E-state index contributed by atoms with van der Waals surface area (Å²) in [6, 6.07) is 10.8. The van der Waals surface area contributed by atoms with Crippen molar-refractivity contribution in [2.75, 3.05) is 22.7 Å².